The third kappa shape index (κ3) is 4.67. The number of rotatable bonds is 5. The number of para-hydroxylation sites is 1. The number of carbonyl (C=O) groups excluding carboxylic acids is 1. The van der Waals surface area contributed by atoms with Crippen molar-refractivity contribution in [1.29, 1.82) is 0 Å². The van der Waals surface area contributed by atoms with E-state index in [1.807, 2.05) is 24.3 Å². The van der Waals surface area contributed by atoms with Gasteiger partial charge in [0.2, 0.25) is 5.91 Å². The van der Waals surface area contributed by atoms with Crippen molar-refractivity contribution >= 4 is 23.2 Å². The molecule has 0 bridgehead atoms. The number of nitrogens with zero attached hydrogens (tertiary/aromatic N) is 2. The van der Waals surface area contributed by atoms with Crippen LogP contribution >= 0.6 is 11.6 Å². The van der Waals surface area contributed by atoms with Gasteiger partial charge in [-0.05, 0) is 35.7 Å². The van der Waals surface area contributed by atoms with Crippen molar-refractivity contribution in [3.05, 3.63) is 51.4 Å². The second-order valence-corrected chi connectivity index (χ2v) is 10.9. The lowest BCUT2D eigenvalue weighted by atomic mass is 9.58. The second-order valence-electron chi connectivity index (χ2n) is 10.5. The Hall–Kier alpha value is -2.54. The Kier molecular flexibility index (Phi) is 6.94. The van der Waals surface area contributed by atoms with Gasteiger partial charge in [-0.15, -0.1) is 0 Å². The first kappa shape index (κ1) is 24.6. The second kappa shape index (κ2) is 9.61. The zero-order valence-electron chi connectivity index (χ0n) is 20.6. The van der Waals surface area contributed by atoms with Gasteiger partial charge < -0.3 is 15.4 Å². The maximum Gasteiger partial charge on any atom is 0.288 e. The Labute approximate surface area is 206 Å². The van der Waals surface area contributed by atoms with Gasteiger partial charge in [0.1, 0.15) is 17.3 Å². The molecule has 4 rings (SSSR count). The number of amides is 1. The summed E-state index contributed by atoms with van der Waals surface area (Å²) in [4.78, 5) is 25.6. The lowest BCUT2D eigenvalue weighted by molar-refractivity contribution is -0.122. The molecule has 34 heavy (non-hydrogen) atoms. The minimum atomic E-state index is -0.473. The summed E-state index contributed by atoms with van der Waals surface area (Å²) >= 11 is 6.45. The van der Waals surface area contributed by atoms with E-state index in [0.29, 0.717) is 36.5 Å². The monoisotopic (exact) mass is 486 g/mol. The molecule has 2 heterocycles. The van der Waals surface area contributed by atoms with E-state index in [1.54, 1.807) is 6.20 Å². The fourth-order valence-electron chi connectivity index (χ4n) is 5.31. The number of benzene rings is 1. The highest BCUT2D eigenvalue weighted by Gasteiger charge is 2.43. The Balaban J connectivity index is 1.44. The molecule has 8 heteroatoms. The van der Waals surface area contributed by atoms with Crippen LogP contribution in [0, 0.1) is 23.2 Å². The van der Waals surface area contributed by atoms with E-state index >= 15 is 0 Å². The predicted octanol–water partition coefficient (Wildman–Crippen LogP) is 4.66. The summed E-state index contributed by atoms with van der Waals surface area (Å²) in [7, 11) is 0. The number of anilines is 1. The molecule has 2 aliphatic rings. The van der Waals surface area contributed by atoms with E-state index in [0.717, 1.165) is 22.4 Å². The van der Waals surface area contributed by atoms with Crippen LogP contribution in [0.4, 0.5) is 5.69 Å². The van der Waals surface area contributed by atoms with Crippen molar-refractivity contribution in [3.63, 3.8) is 0 Å². The van der Waals surface area contributed by atoms with Crippen LogP contribution in [0.3, 0.4) is 0 Å². The van der Waals surface area contributed by atoms with Crippen LogP contribution in [-0.4, -0.2) is 28.3 Å². The normalized spacial score (nSPS) is 27.9. The fourth-order valence-corrected chi connectivity index (χ4v) is 5.51. The molecule has 1 aromatic carbocycles. The SMILES string of the molecule is C[C@@H]1[C@@H](C)C(C)(C)[C@@H](C)C[C@H]1Nc1cnn(CC(=O)NC2CCOc3ccccc32)c(=O)c1Cl. The van der Waals surface area contributed by atoms with Crippen LogP contribution in [0.1, 0.15) is 59.1 Å². The van der Waals surface area contributed by atoms with Crippen molar-refractivity contribution in [2.24, 2.45) is 23.2 Å². The Morgan fingerprint density at radius 1 is 1.26 bits per heavy atom. The predicted molar refractivity (Wildman–Crippen MR) is 134 cm³/mol. The van der Waals surface area contributed by atoms with Crippen LogP contribution in [-0.2, 0) is 11.3 Å². The minimum Gasteiger partial charge on any atom is -0.493 e. The number of aromatic nitrogens is 2. The summed E-state index contributed by atoms with van der Waals surface area (Å²) in [6.45, 7) is 11.8. The highest BCUT2D eigenvalue weighted by atomic mass is 35.5. The lowest BCUT2D eigenvalue weighted by Crippen LogP contribution is -2.48. The van der Waals surface area contributed by atoms with E-state index < -0.39 is 5.56 Å². The van der Waals surface area contributed by atoms with Gasteiger partial charge >= 0.3 is 0 Å². The Morgan fingerprint density at radius 2 is 2.00 bits per heavy atom. The van der Waals surface area contributed by atoms with Crippen LogP contribution in [0.25, 0.3) is 0 Å². The van der Waals surface area contributed by atoms with E-state index in [1.165, 1.54) is 0 Å². The third-order valence-electron chi connectivity index (χ3n) is 8.39. The van der Waals surface area contributed by atoms with E-state index in [4.69, 9.17) is 16.3 Å². The highest BCUT2D eigenvalue weighted by Crippen LogP contribution is 2.48. The summed E-state index contributed by atoms with van der Waals surface area (Å²) in [5, 5.41) is 10.8. The molecule has 0 radical (unpaired) electrons. The van der Waals surface area contributed by atoms with Gasteiger partial charge in [-0.25, -0.2) is 4.68 Å². The van der Waals surface area contributed by atoms with Crippen molar-refractivity contribution in [2.45, 2.75) is 66.1 Å². The molecule has 0 spiro atoms. The highest BCUT2D eigenvalue weighted by molar-refractivity contribution is 6.32. The molecule has 2 aromatic rings. The van der Waals surface area contributed by atoms with Crippen LogP contribution in [0.5, 0.6) is 5.75 Å². The third-order valence-corrected chi connectivity index (χ3v) is 8.75. The first-order chi connectivity index (χ1) is 16.1. The molecule has 1 unspecified atom stereocenters. The van der Waals surface area contributed by atoms with Crippen molar-refractivity contribution < 1.29 is 9.53 Å². The van der Waals surface area contributed by atoms with Gasteiger partial charge in [0.25, 0.3) is 5.56 Å². The van der Waals surface area contributed by atoms with E-state index in [9.17, 15) is 9.59 Å². The Morgan fingerprint density at radius 3 is 2.76 bits per heavy atom. The molecule has 1 saturated carbocycles. The lowest BCUT2D eigenvalue weighted by Gasteiger charge is -2.50. The zero-order valence-corrected chi connectivity index (χ0v) is 21.4. The number of halogens is 1. The van der Waals surface area contributed by atoms with Gasteiger partial charge in [-0.3, -0.25) is 9.59 Å². The number of nitrogens with one attached hydrogen (secondary N) is 2. The fraction of sp³-hybridized carbons (Fsp3) is 0.577. The van der Waals surface area contributed by atoms with Crippen LogP contribution < -0.4 is 20.9 Å². The zero-order chi connectivity index (χ0) is 24.6. The van der Waals surface area contributed by atoms with E-state index in [-0.39, 0.29) is 35.0 Å². The van der Waals surface area contributed by atoms with Crippen LogP contribution in [0.2, 0.25) is 5.02 Å². The molecule has 1 amide bonds. The first-order valence-electron chi connectivity index (χ1n) is 12.1. The maximum atomic E-state index is 12.9. The molecule has 1 aliphatic carbocycles. The summed E-state index contributed by atoms with van der Waals surface area (Å²) in [5.41, 5.74) is 1.24. The average molecular weight is 487 g/mol. The molecule has 1 aliphatic heterocycles. The first-order valence-corrected chi connectivity index (χ1v) is 12.5. The number of ether oxygens (including phenoxy) is 1. The van der Waals surface area contributed by atoms with Gasteiger partial charge in [-0.1, -0.05) is 64.4 Å². The van der Waals surface area contributed by atoms with E-state index in [2.05, 4.69) is 50.4 Å². The topological polar surface area (TPSA) is 85.2 Å². The molecule has 2 N–H and O–H groups in total. The molecule has 0 saturated heterocycles. The molecule has 184 valence electrons. The number of hydrogen-bond donors (Lipinski definition) is 2. The van der Waals surface area contributed by atoms with Gasteiger partial charge in [0.15, 0.2) is 0 Å². The molecular weight excluding hydrogens is 452 g/mol. The summed E-state index contributed by atoms with van der Waals surface area (Å²) in [5.74, 6) is 1.94. The smallest absolute Gasteiger partial charge is 0.288 e. The standard InChI is InChI=1S/C26H35ClN4O3/c1-15-12-20(16(2)17(3)26(15,4)5)29-21-13-28-31(25(33)24(21)27)14-23(32)30-19-10-11-34-22-9-7-6-8-18(19)22/h6-9,13,15-17,19-20,29H,10-12,14H2,1-5H3,(H,30,32)/t15-,16+,17+,19?,20+/m0/s1. The molecule has 5 atom stereocenters. The molecule has 7 nitrogen and oxygen atoms in total. The van der Waals surface area contributed by atoms with Gasteiger partial charge in [-0.2, -0.15) is 5.10 Å². The number of carbonyl (C=O) groups is 1. The Bertz CT molecular complexity index is 1120. The van der Waals surface area contributed by atoms with Crippen molar-refractivity contribution in [3.8, 4) is 5.75 Å². The summed E-state index contributed by atoms with van der Waals surface area (Å²) < 4.78 is 6.77. The molecule has 1 aromatic heterocycles. The molecule has 1 fully saturated rings. The van der Waals surface area contributed by atoms with Crippen molar-refractivity contribution in [2.75, 3.05) is 11.9 Å². The van der Waals surface area contributed by atoms with Crippen LogP contribution in [0.15, 0.2) is 35.3 Å². The van der Waals surface area contributed by atoms with Gasteiger partial charge in [0.05, 0.1) is 24.5 Å². The summed E-state index contributed by atoms with van der Waals surface area (Å²) in [6, 6.07) is 7.69. The quantitative estimate of drug-likeness (QED) is 0.642. The van der Waals surface area contributed by atoms with Gasteiger partial charge in [0, 0.05) is 18.0 Å². The average Bonchev–Trinajstić information content (AvgIpc) is 2.81. The van der Waals surface area contributed by atoms with Crippen molar-refractivity contribution in [1.82, 2.24) is 15.1 Å². The number of hydrogen-bond acceptors (Lipinski definition) is 5. The maximum absolute atomic E-state index is 12.9. The molecular formula is C26H35ClN4O3. The largest absolute Gasteiger partial charge is 0.493 e. The summed E-state index contributed by atoms with van der Waals surface area (Å²) in [6.07, 6.45) is 3.22. The number of fused-ring (bicyclic) bond motifs is 1. The minimum absolute atomic E-state index is 0.0663.